The summed E-state index contributed by atoms with van der Waals surface area (Å²) >= 11 is 1.15. The van der Waals surface area contributed by atoms with Crippen LogP contribution >= 0.6 is 11.8 Å². The number of nitro groups is 1. The largest absolute Gasteiger partial charge is 0.393 e. The maximum atomic E-state index is 11.1. The molecule has 8 nitrogen and oxygen atoms in total. The second-order valence-electron chi connectivity index (χ2n) is 3.83. The van der Waals surface area contributed by atoms with Gasteiger partial charge in [-0.25, -0.2) is 15.0 Å². The van der Waals surface area contributed by atoms with E-state index in [0.29, 0.717) is 21.1 Å². The van der Waals surface area contributed by atoms with E-state index in [1.54, 1.807) is 12.1 Å². The first-order valence-electron chi connectivity index (χ1n) is 5.51. The van der Waals surface area contributed by atoms with Crippen LogP contribution in [0.5, 0.6) is 0 Å². The zero-order valence-corrected chi connectivity index (χ0v) is 10.8. The Balaban J connectivity index is 2.10. The van der Waals surface area contributed by atoms with Crippen LogP contribution in [0.25, 0.3) is 11.2 Å². The zero-order chi connectivity index (χ0) is 14.1. The highest BCUT2D eigenvalue weighted by Crippen LogP contribution is 2.38. The van der Waals surface area contributed by atoms with E-state index in [4.69, 9.17) is 5.73 Å². The molecular weight excluding hydrogens is 280 g/mol. The summed E-state index contributed by atoms with van der Waals surface area (Å²) in [5.41, 5.74) is 6.80. The summed E-state index contributed by atoms with van der Waals surface area (Å²) in [5.74, 6) is 0. The number of anilines is 1. The number of fused-ring (bicyclic) bond motifs is 1. The highest BCUT2D eigenvalue weighted by atomic mass is 32.2. The van der Waals surface area contributed by atoms with E-state index in [1.807, 2.05) is 0 Å². The Morgan fingerprint density at radius 3 is 2.95 bits per heavy atom. The van der Waals surface area contributed by atoms with Gasteiger partial charge in [-0.2, -0.15) is 0 Å². The van der Waals surface area contributed by atoms with E-state index in [2.05, 4.69) is 19.9 Å². The molecular formula is C11H8N6O2S. The fraction of sp³-hybridized carbons (Fsp3) is 0. The van der Waals surface area contributed by atoms with Gasteiger partial charge in [0, 0.05) is 0 Å². The van der Waals surface area contributed by atoms with Crippen molar-refractivity contribution in [1.82, 2.24) is 19.9 Å². The van der Waals surface area contributed by atoms with Gasteiger partial charge in [0.25, 0.3) is 0 Å². The molecule has 2 aromatic heterocycles. The van der Waals surface area contributed by atoms with Crippen LogP contribution < -0.4 is 5.73 Å². The molecule has 3 rings (SSSR count). The molecule has 3 N–H and O–H groups in total. The van der Waals surface area contributed by atoms with Crippen LogP contribution in [-0.2, 0) is 0 Å². The molecule has 0 amide bonds. The van der Waals surface area contributed by atoms with E-state index in [9.17, 15) is 10.1 Å². The maximum absolute atomic E-state index is 11.1. The number of imidazole rings is 1. The van der Waals surface area contributed by atoms with E-state index < -0.39 is 4.92 Å². The summed E-state index contributed by atoms with van der Waals surface area (Å²) in [5, 5.41) is 11.7. The fourth-order valence-electron chi connectivity index (χ4n) is 1.74. The van der Waals surface area contributed by atoms with Crippen molar-refractivity contribution >= 4 is 34.3 Å². The molecule has 0 atom stereocenters. The average Bonchev–Trinajstić information content (AvgIpc) is 2.87. The summed E-state index contributed by atoms with van der Waals surface area (Å²) in [7, 11) is 0. The molecule has 0 aliphatic heterocycles. The normalized spacial score (nSPS) is 10.8. The van der Waals surface area contributed by atoms with Crippen molar-refractivity contribution in [3.05, 3.63) is 41.0 Å². The average molecular weight is 288 g/mol. The number of H-pyrrole nitrogens is 1. The van der Waals surface area contributed by atoms with Gasteiger partial charge >= 0.3 is 5.69 Å². The van der Waals surface area contributed by atoms with Gasteiger partial charge in [0.05, 0.1) is 16.1 Å². The standard InChI is InChI=1S/C11H8N6O2S/c12-6-2-1-3-7(9(6)17(18)19)20-11-8-10(14-4-13-8)15-5-16-11/h1-5H,12H2,(H,13,14,15,16). The van der Waals surface area contributed by atoms with Crippen molar-refractivity contribution < 1.29 is 4.92 Å². The van der Waals surface area contributed by atoms with Crippen molar-refractivity contribution in [3.63, 3.8) is 0 Å². The number of nitrogens with one attached hydrogen (secondary N) is 1. The topological polar surface area (TPSA) is 124 Å². The van der Waals surface area contributed by atoms with Gasteiger partial charge in [0.15, 0.2) is 5.65 Å². The molecule has 20 heavy (non-hydrogen) atoms. The molecule has 0 saturated heterocycles. The zero-order valence-electron chi connectivity index (χ0n) is 9.98. The first kappa shape index (κ1) is 12.4. The molecule has 0 spiro atoms. The van der Waals surface area contributed by atoms with Gasteiger partial charge in [-0.15, -0.1) is 0 Å². The van der Waals surface area contributed by atoms with Gasteiger partial charge in [0.2, 0.25) is 0 Å². The monoisotopic (exact) mass is 288 g/mol. The third-order valence-corrected chi connectivity index (χ3v) is 3.66. The smallest absolute Gasteiger partial charge is 0.305 e. The number of hydrogen-bond acceptors (Lipinski definition) is 7. The number of nitrogen functional groups attached to an aromatic ring is 1. The Hall–Kier alpha value is -2.68. The van der Waals surface area contributed by atoms with Crippen LogP contribution in [0.3, 0.4) is 0 Å². The molecule has 0 unspecified atom stereocenters. The number of nitrogens with zero attached hydrogens (tertiary/aromatic N) is 4. The Morgan fingerprint density at radius 2 is 2.15 bits per heavy atom. The van der Waals surface area contributed by atoms with Crippen LogP contribution in [0.2, 0.25) is 0 Å². The predicted octanol–water partition coefficient (Wildman–Crippen LogP) is 1.99. The minimum atomic E-state index is -0.497. The second-order valence-corrected chi connectivity index (χ2v) is 4.86. The first-order valence-corrected chi connectivity index (χ1v) is 6.33. The van der Waals surface area contributed by atoms with Crippen LogP contribution in [0.15, 0.2) is 40.8 Å². The second kappa shape index (κ2) is 4.78. The van der Waals surface area contributed by atoms with E-state index in [-0.39, 0.29) is 11.4 Å². The van der Waals surface area contributed by atoms with Crippen molar-refractivity contribution in [3.8, 4) is 0 Å². The molecule has 0 bridgehead atoms. The lowest BCUT2D eigenvalue weighted by molar-refractivity contribution is -0.386. The van der Waals surface area contributed by atoms with Crippen LogP contribution in [-0.4, -0.2) is 24.9 Å². The minimum absolute atomic E-state index is 0.120. The van der Waals surface area contributed by atoms with Crippen molar-refractivity contribution in [2.75, 3.05) is 5.73 Å². The molecule has 0 fully saturated rings. The number of benzene rings is 1. The number of aromatic amines is 1. The van der Waals surface area contributed by atoms with Gasteiger partial charge < -0.3 is 10.7 Å². The third-order valence-electron chi connectivity index (χ3n) is 2.61. The number of rotatable bonds is 3. The summed E-state index contributed by atoms with van der Waals surface area (Å²) in [6.45, 7) is 0. The van der Waals surface area contributed by atoms with E-state index >= 15 is 0 Å². The third kappa shape index (κ3) is 2.03. The molecule has 0 saturated carbocycles. The minimum Gasteiger partial charge on any atom is -0.393 e. The predicted molar refractivity (Wildman–Crippen MR) is 73.3 cm³/mol. The quantitative estimate of drug-likeness (QED) is 0.327. The van der Waals surface area contributed by atoms with Gasteiger partial charge in [0.1, 0.15) is 22.6 Å². The highest BCUT2D eigenvalue weighted by molar-refractivity contribution is 7.99. The molecule has 100 valence electrons. The summed E-state index contributed by atoms with van der Waals surface area (Å²) < 4.78 is 0. The fourth-order valence-corrected chi connectivity index (χ4v) is 2.74. The van der Waals surface area contributed by atoms with Crippen LogP contribution in [0.1, 0.15) is 0 Å². The number of nitro benzene ring substituents is 1. The molecule has 3 aromatic rings. The molecule has 0 aliphatic carbocycles. The van der Waals surface area contributed by atoms with Gasteiger partial charge in [-0.1, -0.05) is 17.8 Å². The van der Waals surface area contributed by atoms with Crippen molar-refractivity contribution in [2.24, 2.45) is 0 Å². The Kier molecular flexibility index (Phi) is 2.95. The summed E-state index contributed by atoms with van der Waals surface area (Å²) in [4.78, 5) is 26.1. The lowest BCUT2D eigenvalue weighted by atomic mass is 10.3. The molecule has 0 aliphatic rings. The van der Waals surface area contributed by atoms with Crippen LogP contribution in [0.4, 0.5) is 11.4 Å². The molecule has 0 radical (unpaired) electrons. The number of aromatic nitrogens is 4. The molecule has 9 heteroatoms. The van der Waals surface area contributed by atoms with Gasteiger partial charge in [-0.3, -0.25) is 10.1 Å². The summed E-state index contributed by atoms with van der Waals surface area (Å²) in [6, 6.07) is 4.79. The maximum Gasteiger partial charge on any atom is 0.305 e. The van der Waals surface area contributed by atoms with Gasteiger partial charge in [-0.05, 0) is 12.1 Å². The van der Waals surface area contributed by atoms with Crippen molar-refractivity contribution in [2.45, 2.75) is 9.92 Å². The van der Waals surface area contributed by atoms with E-state index in [1.165, 1.54) is 18.7 Å². The number of para-hydroxylation sites is 1. The number of hydrogen-bond donors (Lipinski definition) is 2. The lowest BCUT2D eigenvalue weighted by Gasteiger charge is -2.04. The molecule has 2 heterocycles. The molecule has 1 aromatic carbocycles. The van der Waals surface area contributed by atoms with Crippen molar-refractivity contribution in [1.29, 1.82) is 0 Å². The Labute approximate surface area is 116 Å². The van der Waals surface area contributed by atoms with E-state index in [0.717, 1.165) is 11.8 Å². The highest BCUT2D eigenvalue weighted by Gasteiger charge is 2.20. The SMILES string of the molecule is Nc1cccc(Sc2ncnc3nc[nH]c23)c1[N+](=O)[O-]. The number of nitrogens with two attached hydrogens (primary N) is 1. The van der Waals surface area contributed by atoms with Crippen LogP contribution in [0, 0.1) is 10.1 Å². The Morgan fingerprint density at radius 1 is 1.30 bits per heavy atom. The first-order chi connectivity index (χ1) is 9.66. The lowest BCUT2D eigenvalue weighted by Crippen LogP contribution is -1.97. The summed E-state index contributed by atoms with van der Waals surface area (Å²) in [6.07, 6.45) is 2.86. The Bertz CT molecular complexity index is 802.